The SMILES string of the molecule is CCOP(=O)(O)c1ccc(C(NC(=O)c2cc(N3CC[C@H](OC)C3)nc(-c3ccccc3)n2)C(=O)N2CCN(OC(=O)O)CC2)cc1. The van der Waals surface area contributed by atoms with Gasteiger partial charge in [0, 0.05) is 44.9 Å². The molecule has 3 N–H and O–H groups in total. The number of benzene rings is 2. The predicted molar refractivity (Wildman–Crippen MR) is 170 cm³/mol. The Bertz CT molecular complexity index is 1620. The number of carbonyl (C=O) groups is 3. The minimum absolute atomic E-state index is 0.0192. The Morgan fingerprint density at radius 2 is 1.72 bits per heavy atom. The first kappa shape index (κ1) is 33.9. The van der Waals surface area contributed by atoms with Gasteiger partial charge in [0.15, 0.2) is 5.82 Å². The minimum Gasteiger partial charge on any atom is -0.448 e. The normalized spacial score (nSPS) is 18.7. The average molecular weight is 669 g/mol. The standard InChI is InChI=1S/C31H37N6O9P/c1-3-45-47(42,43)24-11-9-21(10-12-24)27(30(39)35-15-17-37(18-16-35)46-31(40)41)34-29(38)25-19-26(36-14-13-23(20-36)44-2)33-28(32-25)22-7-5-4-6-8-22/h4-12,19,23,27H,3,13-18,20H2,1-2H3,(H,34,38)(H,40,41)(H,42,43)/t23-,27?/m0/s1. The van der Waals surface area contributed by atoms with E-state index in [4.69, 9.17) is 24.2 Å². The third kappa shape index (κ3) is 8.31. The minimum atomic E-state index is -4.08. The van der Waals surface area contributed by atoms with Gasteiger partial charge in [-0.3, -0.25) is 14.2 Å². The summed E-state index contributed by atoms with van der Waals surface area (Å²) in [5.74, 6) is -0.214. The molecule has 0 spiro atoms. The molecule has 3 aromatic rings. The molecule has 0 bridgehead atoms. The lowest BCUT2D eigenvalue weighted by atomic mass is 10.0. The highest BCUT2D eigenvalue weighted by atomic mass is 31.2. The molecule has 0 saturated carbocycles. The molecule has 3 atom stereocenters. The summed E-state index contributed by atoms with van der Waals surface area (Å²) in [4.78, 5) is 66.7. The van der Waals surface area contributed by atoms with Crippen molar-refractivity contribution < 1.29 is 43.0 Å². The summed E-state index contributed by atoms with van der Waals surface area (Å²) < 4.78 is 23.1. The van der Waals surface area contributed by atoms with Crippen molar-refractivity contribution in [2.45, 2.75) is 25.5 Å². The van der Waals surface area contributed by atoms with Gasteiger partial charge in [0.2, 0.25) is 5.91 Å². The van der Waals surface area contributed by atoms with E-state index in [0.717, 1.165) is 6.42 Å². The zero-order valence-corrected chi connectivity index (χ0v) is 26.9. The number of nitrogens with zero attached hydrogens (tertiary/aromatic N) is 5. The molecule has 2 fully saturated rings. The number of hydrogen-bond donors (Lipinski definition) is 3. The van der Waals surface area contributed by atoms with Gasteiger partial charge in [0.05, 0.1) is 31.1 Å². The van der Waals surface area contributed by atoms with Crippen LogP contribution in [0.3, 0.4) is 0 Å². The quantitative estimate of drug-likeness (QED) is 0.254. The lowest BCUT2D eigenvalue weighted by Gasteiger charge is -2.35. The maximum atomic E-state index is 14.0. The van der Waals surface area contributed by atoms with E-state index in [0.29, 0.717) is 35.9 Å². The lowest BCUT2D eigenvalue weighted by Crippen LogP contribution is -2.52. The Morgan fingerprint density at radius 3 is 2.34 bits per heavy atom. The van der Waals surface area contributed by atoms with Crippen LogP contribution >= 0.6 is 7.60 Å². The highest BCUT2D eigenvalue weighted by Crippen LogP contribution is 2.40. The summed E-state index contributed by atoms with van der Waals surface area (Å²) in [6.45, 7) is 3.43. The molecule has 1 aromatic heterocycles. The summed E-state index contributed by atoms with van der Waals surface area (Å²) in [6, 6.07) is 15.3. The van der Waals surface area contributed by atoms with Gasteiger partial charge < -0.3 is 39.2 Å². The predicted octanol–water partition coefficient (Wildman–Crippen LogP) is 2.44. The summed E-state index contributed by atoms with van der Waals surface area (Å²) in [6.07, 6.45) is -0.635. The van der Waals surface area contributed by atoms with Gasteiger partial charge >= 0.3 is 13.8 Å². The molecule has 2 unspecified atom stereocenters. The van der Waals surface area contributed by atoms with E-state index >= 15 is 0 Å². The Hall–Kier alpha value is -4.40. The molecule has 2 amide bonds. The molecule has 15 nitrogen and oxygen atoms in total. The van der Waals surface area contributed by atoms with Crippen molar-refractivity contribution in [3.8, 4) is 11.4 Å². The van der Waals surface area contributed by atoms with Crippen molar-refractivity contribution in [1.29, 1.82) is 0 Å². The molecule has 16 heteroatoms. The number of nitrogens with one attached hydrogen (secondary N) is 1. The maximum Gasteiger partial charge on any atom is 0.525 e. The van der Waals surface area contributed by atoms with Crippen LogP contribution in [-0.4, -0.2) is 107 Å². The van der Waals surface area contributed by atoms with Crippen LogP contribution in [0, 0.1) is 0 Å². The Balaban J connectivity index is 1.46. The van der Waals surface area contributed by atoms with Gasteiger partial charge in [-0.05, 0) is 31.0 Å². The van der Waals surface area contributed by atoms with Crippen LogP contribution in [0.15, 0.2) is 60.7 Å². The van der Waals surface area contributed by atoms with E-state index in [9.17, 15) is 23.8 Å². The number of piperazine rings is 1. The number of carbonyl (C=O) groups excluding carboxylic acids is 2. The molecular weight excluding hydrogens is 631 g/mol. The summed E-state index contributed by atoms with van der Waals surface area (Å²) in [5, 5.41) is 13.0. The summed E-state index contributed by atoms with van der Waals surface area (Å²) in [5.41, 5.74) is 1.10. The van der Waals surface area contributed by atoms with Crippen molar-refractivity contribution in [2.75, 3.05) is 57.9 Å². The zero-order chi connectivity index (χ0) is 33.6. The topological polar surface area (TPSA) is 184 Å². The molecule has 0 aliphatic carbocycles. The molecule has 2 saturated heterocycles. The van der Waals surface area contributed by atoms with Crippen LogP contribution in [0.25, 0.3) is 11.4 Å². The second kappa shape index (κ2) is 15.0. The Kier molecular flexibility index (Phi) is 10.8. The molecule has 250 valence electrons. The van der Waals surface area contributed by atoms with Gasteiger partial charge in [0.25, 0.3) is 5.91 Å². The number of amides is 2. The van der Waals surface area contributed by atoms with E-state index < -0.39 is 31.6 Å². The average Bonchev–Trinajstić information content (AvgIpc) is 3.57. The third-order valence-electron chi connectivity index (χ3n) is 7.92. The number of ether oxygens (including phenoxy) is 1. The van der Waals surface area contributed by atoms with Gasteiger partial charge in [-0.25, -0.2) is 14.8 Å². The number of hydroxylamine groups is 2. The van der Waals surface area contributed by atoms with Crippen LogP contribution in [-0.2, 0) is 23.5 Å². The number of aromatic nitrogens is 2. The molecule has 5 rings (SSSR count). The largest absolute Gasteiger partial charge is 0.525 e. The summed E-state index contributed by atoms with van der Waals surface area (Å²) >= 11 is 0. The van der Waals surface area contributed by atoms with Gasteiger partial charge in [-0.15, -0.1) is 5.06 Å². The second-order valence-corrected chi connectivity index (χ2v) is 12.8. The van der Waals surface area contributed by atoms with Crippen molar-refractivity contribution >= 4 is 36.7 Å². The maximum absolute atomic E-state index is 14.0. The van der Waals surface area contributed by atoms with Crippen molar-refractivity contribution in [3.05, 3.63) is 71.9 Å². The fourth-order valence-electron chi connectivity index (χ4n) is 5.45. The number of rotatable bonds is 11. The molecule has 2 aromatic carbocycles. The molecule has 2 aliphatic rings. The first-order valence-electron chi connectivity index (χ1n) is 15.1. The first-order chi connectivity index (χ1) is 22.6. The van der Waals surface area contributed by atoms with E-state index in [1.54, 1.807) is 20.1 Å². The van der Waals surface area contributed by atoms with Crippen molar-refractivity contribution in [3.63, 3.8) is 0 Å². The number of hydrogen-bond acceptors (Lipinski definition) is 11. The Morgan fingerprint density at radius 1 is 1.02 bits per heavy atom. The lowest BCUT2D eigenvalue weighted by molar-refractivity contribution is -0.154. The fourth-order valence-corrected chi connectivity index (χ4v) is 6.47. The molecule has 47 heavy (non-hydrogen) atoms. The number of carboxylic acid groups (broad SMARTS) is 1. The van der Waals surface area contributed by atoms with Gasteiger partial charge in [0.1, 0.15) is 17.6 Å². The van der Waals surface area contributed by atoms with Gasteiger partial charge in [-0.2, -0.15) is 0 Å². The van der Waals surface area contributed by atoms with Crippen molar-refractivity contribution in [2.24, 2.45) is 0 Å². The summed E-state index contributed by atoms with van der Waals surface area (Å²) in [7, 11) is -2.42. The monoisotopic (exact) mass is 668 g/mol. The van der Waals surface area contributed by atoms with E-state index in [-0.39, 0.29) is 49.9 Å². The number of methoxy groups -OCH3 is 1. The molecule has 2 aliphatic heterocycles. The van der Waals surface area contributed by atoms with Gasteiger partial charge in [-0.1, -0.05) is 42.5 Å². The van der Waals surface area contributed by atoms with E-state index in [1.165, 1.54) is 34.2 Å². The fraction of sp³-hybridized carbons (Fsp3) is 0.387. The zero-order valence-electron chi connectivity index (χ0n) is 26.0. The van der Waals surface area contributed by atoms with Crippen LogP contribution in [0.1, 0.15) is 35.4 Å². The van der Waals surface area contributed by atoms with Crippen LogP contribution < -0.4 is 15.5 Å². The highest BCUT2D eigenvalue weighted by molar-refractivity contribution is 7.61. The smallest absolute Gasteiger partial charge is 0.448 e. The van der Waals surface area contributed by atoms with E-state index in [2.05, 4.69) is 10.3 Å². The van der Waals surface area contributed by atoms with Crippen LogP contribution in [0.5, 0.6) is 0 Å². The number of anilines is 1. The molecule has 0 radical (unpaired) electrons. The van der Waals surface area contributed by atoms with Crippen molar-refractivity contribution in [1.82, 2.24) is 25.2 Å². The molecular formula is C31H37N6O9P. The van der Waals surface area contributed by atoms with E-state index in [1.807, 2.05) is 35.2 Å². The molecule has 3 heterocycles. The first-order valence-corrected chi connectivity index (χ1v) is 16.7. The van der Waals surface area contributed by atoms with Crippen LogP contribution in [0.4, 0.5) is 10.6 Å². The third-order valence-corrected chi connectivity index (χ3v) is 9.48. The second-order valence-electron chi connectivity index (χ2n) is 10.9. The highest BCUT2D eigenvalue weighted by Gasteiger charge is 2.33. The Labute approximate surface area is 271 Å². The van der Waals surface area contributed by atoms with Crippen LogP contribution in [0.2, 0.25) is 0 Å².